The Hall–Kier alpha value is -0.650. The van der Waals surface area contributed by atoms with Gasteiger partial charge < -0.3 is 28.4 Å². The van der Waals surface area contributed by atoms with E-state index < -0.39 is 53.6 Å². The minimum atomic E-state index is -3.07. The van der Waals surface area contributed by atoms with E-state index in [9.17, 15) is 28.6 Å². The number of hydrogen-bond acceptors (Lipinski definition) is 9. The fourth-order valence-corrected chi connectivity index (χ4v) is 3.82. The van der Waals surface area contributed by atoms with Gasteiger partial charge in [0.25, 0.3) is 0 Å². The van der Waals surface area contributed by atoms with E-state index in [1.165, 1.54) is 57.8 Å². The predicted octanol–water partition coefficient (Wildman–Crippen LogP) is 0.882. The van der Waals surface area contributed by atoms with Gasteiger partial charge in [-0.1, -0.05) is 84.0 Å². The number of aliphatic hydroxyl groups is 2. The number of ether oxygens (including phenoxy) is 2. The van der Waals surface area contributed by atoms with Crippen molar-refractivity contribution < 1.29 is 71.8 Å². The summed E-state index contributed by atoms with van der Waals surface area (Å²) < 4.78 is 35.2. The van der Waals surface area contributed by atoms with Crippen LogP contribution in [0.2, 0.25) is 0 Å². The Morgan fingerprint density at radius 3 is 2.00 bits per heavy atom. The van der Waals surface area contributed by atoms with Crippen LogP contribution in [-0.4, -0.2) is 49.7 Å². The van der Waals surface area contributed by atoms with Crippen molar-refractivity contribution in [1.29, 1.82) is 0 Å². The largest absolute Gasteiger partial charge is 1.00 e. The Bertz CT molecular complexity index is 627. The summed E-state index contributed by atoms with van der Waals surface area (Å²) in [5.41, 5.74) is 0. The van der Waals surface area contributed by atoms with Gasteiger partial charge in [-0.2, -0.15) is 0 Å². The molecule has 0 radical (unpaired) electrons. The van der Waals surface area contributed by atoms with Gasteiger partial charge in [0.15, 0.2) is 6.10 Å². The molecule has 1 unspecified atom stereocenters. The van der Waals surface area contributed by atoms with Crippen LogP contribution in [0.5, 0.6) is 0 Å². The maximum absolute atomic E-state index is 11.8. The second-order valence-electron chi connectivity index (χ2n) is 8.07. The van der Waals surface area contributed by atoms with Gasteiger partial charge >= 0.3 is 41.5 Å². The quantitative estimate of drug-likeness (QED) is 0.114. The fourth-order valence-electron chi connectivity index (χ4n) is 3.50. The summed E-state index contributed by atoms with van der Waals surface area (Å²) in [4.78, 5) is 23.2. The predicted molar refractivity (Wildman–Crippen MR) is 117 cm³/mol. The molecule has 0 saturated heterocycles. The van der Waals surface area contributed by atoms with Crippen molar-refractivity contribution in [2.45, 2.75) is 109 Å². The summed E-state index contributed by atoms with van der Waals surface area (Å²) in [5.74, 6) is -3.52. The molecule has 11 heteroatoms. The van der Waals surface area contributed by atoms with Gasteiger partial charge in [0.1, 0.15) is 24.1 Å². The molecule has 0 aliphatic carbocycles. The Morgan fingerprint density at radius 2 is 1.52 bits per heavy atom. The first-order chi connectivity index (χ1) is 15.4. The van der Waals surface area contributed by atoms with Gasteiger partial charge in [-0.25, -0.2) is 9.00 Å². The van der Waals surface area contributed by atoms with Crippen LogP contribution in [0, 0.1) is 0 Å². The van der Waals surface area contributed by atoms with Crippen molar-refractivity contribution in [1.82, 2.24) is 0 Å². The molecule has 3 atom stereocenters. The van der Waals surface area contributed by atoms with Crippen molar-refractivity contribution in [2.24, 2.45) is 0 Å². The van der Waals surface area contributed by atoms with Crippen LogP contribution >= 0.6 is 0 Å². The van der Waals surface area contributed by atoms with E-state index in [1.807, 2.05) is 0 Å². The van der Waals surface area contributed by atoms with Crippen molar-refractivity contribution in [3.63, 3.8) is 0 Å². The topological polar surface area (TPSA) is 142 Å². The molecule has 0 aromatic rings. The molecule has 0 bridgehead atoms. The number of hydrogen-bond donors (Lipinski definition) is 2. The third-order valence-electron chi connectivity index (χ3n) is 5.33. The molecular weight excluding hydrogens is 463 g/mol. The Morgan fingerprint density at radius 1 is 1.03 bits per heavy atom. The van der Waals surface area contributed by atoms with E-state index in [0.29, 0.717) is 6.42 Å². The first kappa shape index (κ1) is 32.4. The van der Waals surface area contributed by atoms with Crippen LogP contribution in [0.25, 0.3) is 0 Å². The molecule has 1 aliphatic heterocycles. The summed E-state index contributed by atoms with van der Waals surface area (Å²) >= 11 is -3.07. The minimum Gasteiger partial charge on any atom is -0.740 e. The van der Waals surface area contributed by atoms with E-state index >= 15 is 0 Å². The van der Waals surface area contributed by atoms with Crippen LogP contribution in [-0.2, 0) is 34.6 Å². The number of cyclic esters (lactones) is 1. The summed E-state index contributed by atoms with van der Waals surface area (Å²) in [6.45, 7) is 1.70. The second kappa shape index (κ2) is 19.6. The average molecular weight is 501 g/mol. The van der Waals surface area contributed by atoms with Gasteiger partial charge in [0, 0.05) is 6.42 Å². The summed E-state index contributed by atoms with van der Waals surface area (Å²) in [6, 6.07) is 0. The second-order valence-corrected chi connectivity index (χ2v) is 8.64. The molecule has 0 aromatic heterocycles. The van der Waals surface area contributed by atoms with Gasteiger partial charge in [0.2, 0.25) is 11.5 Å². The van der Waals surface area contributed by atoms with E-state index in [1.54, 1.807) is 0 Å². The summed E-state index contributed by atoms with van der Waals surface area (Å²) in [5, 5.41) is 19.5. The van der Waals surface area contributed by atoms with Crippen molar-refractivity contribution in [3.8, 4) is 0 Å². The maximum Gasteiger partial charge on any atom is 1.00 e. The zero-order valence-corrected chi connectivity index (χ0v) is 22.7. The number of unbranched alkanes of at least 4 members (excludes halogenated alkanes) is 12. The molecule has 0 fully saturated rings. The Labute approximate surface area is 221 Å². The van der Waals surface area contributed by atoms with Crippen molar-refractivity contribution in [3.05, 3.63) is 11.5 Å². The zero-order valence-electron chi connectivity index (χ0n) is 19.9. The molecule has 0 spiro atoms. The average Bonchev–Trinajstić information content (AvgIpc) is 3.03. The molecule has 9 nitrogen and oxygen atoms in total. The molecule has 0 amide bonds. The molecule has 1 rings (SSSR count). The minimum absolute atomic E-state index is 0. The first-order valence-corrected chi connectivity index (χ1v) is 12.6. The molecule has 1 aliphatic rings. The van der Waals surface area contributed by atoms with Gasteiger partial charge in [-0.3, -0.25) is 4.79 Å². The molecule has 186 valence electrons. The zero-order chi connectivity index (χ0) is 23.8. The maximum atomic E-state index is 11.8. The molecule has 2 N–H and O–H groups in total. The summed E-state index contributed by atoms with van der Waals surface area (Å²) in [7, 11) is 0. The van der Waals surface area contributed by atoms with E-state index in [2.05, 4.69) is 15.8 Å². The van der Waals surface area contributed by atoms with E-state index in [-0.39, 0.29) is 36.0 Å². The number of rotatable bonds is 19. The van der Waals surface area contributed by atoms with Crippen LogP contribution in [0.4, 0.5) is 0 Å². The monoisotopic (exact) mass is 500 g/mol. The van der Waals surface area contributed by atoms with Gasteiger partial charge in [0.05, 0.1) is 0 Å². The van der Waals surface area contributed by atoms with Crippen molar-refractivity contribution in [2.75, 3.05) is 6.61 Å². The van der Waals surface area contributed by atoms with Gasteiger partial charge in [-0.05, 0) is 6.42 Å². The number of esters is 2. The number of aliphatic hydroxyl groups excluding tert-OH is 2. The molecule has 33 heavy (non-hydrogen) atoms. The van der Waals surface area contributed by atoms with Crippen LogP contribution in [0.3, 0.4) is 0 Å². The SMILES string of the molecule is CCCCCCCCCCCCCCCC(=O)OC[C@H](O)[C@H]1OC(=O)C(O)=C1OS(=O)[O-].[Na+]. The van der Waals surface area contributed by atoms with E-state index in [0.717, 1.165) is 19.3 Å². The third-order valence-corrected chi connectivity index (χ3v) is 5.64. The number of carbonyl (C=O) groups is 2. The van der Waals surface area contributed by atoms with Gasteiger partial charge in [-0.15, -0.1) is 0 Å². The Balaban J connectivity index is 0.0000102. The molecule has 0 aromatic carbocycles. The van der Waals surface area contributed by atoms with Crippen molar-refractivity contribution >= 4 is 23.3 Å². The normalized spacial score (nSPS) is 17.3. The molecule has 1 heterocycles. The van der Waals surface area contributed by atoms with Crippen LogP contribution in [0.15, 0.2) is 11.5 Å². The standard InChI is InChI=1S/C22H38O9S.Na/c1-2-3-4-5-6-7-8-9-10-11-12-13-14-15-18(24)29-16-17(23)20-21(31-32(27)28)19(25)22(26)30-20;/h17,20,23,25H,2-16H2,1H3,(H,27,28);/q;+1/p-1/t17-,20+;/m0./s1. The Kier molecular flexibility index (Phi) is 19.2. The first-order valence-electron chi connectivity index (χ1n) is 11.6. The number of carbonyl (C=O) groups excluding carboxylic acids is 2. The summed E-state index contributed by atoms with van der Waals surface area (Å²) in [6.07, 6.45) is 12.6. The fraction of sp³-hybridized carbons (Fsp3) is 0.818. The van der Waals surface area contributed by atoms with Crippen LogP contribution < -0.4 is 29.6 Å². The molecular formula is C22H37NaO9S. The molecule has 0 saturated carbocycles. The smallest absolute Gasteiger partial charge is 0.740 e. The van der Waals surface area contributed by atoms with Crippen LogP contribution in [0.1, 0.15) is 96.8 Å². The van der Waals surface area contributed by atoms with E-state index in [4.69, 9.17) is 4.74 Å². The third kappa shape index (κ3) is 14.4.